The van der Waals surface area contributed by atoms with Gasteiger partial charge in [0.25, 0.3) is 5.91 Å². The fourth-order valence-electron chi connectivity index (χ4n) is 3.00. The quantitative estimate of drug-likeness (QED) is 0.908. The van der Waals surface area contributed by atoms with Crippen LogP contribution in [-0.4, -0.2) is 35.5 Å². The van der Waals surface area contributed by atoms with Crippen LogP contribution in [0.5, 0.6) is 0 Å². The Hall–Kier alpha value is -2.50. The van der Waals surface area contributed by atoms with E-state index in [0.29, 0.717) is 30.2 Å². The Morgan fingerprint density at radius 2 is 1.88 bits per heavy atom. The Kier molecular flexibility index (Phi) is 5.93. The highest BCUT2D eigenvalue weighted by Crippen LogP contribution is 2.15. The zero-order valence-electron chi connectivity index (χ0n) is 14.2. The van der Waals surface area contributed by atoms with E-state index in [1.165, 1.54) is 18.9 Å². The maximum absolute atomic E-state index is 13.6. The molecule has 3 rings (SSSR count). The Morgan fingerprint density at radius 1 is 1.12 bits per heavy atom. The predicted octanol–water partition coefficient (Wildman–Crippen LogP) is 2.97. The molecule has 0 spiro atoms. The molecule has 1 aliphatic rings. The largest absolute Gasteiger partial charge is 0.350 e. The molecule has 1 fully saturated rings. The normalized spacial score (nSPS) is 14.8. The average molecular weight is 342 g/mol. The molecule has 0 saturated carbocycles. The highest BCUT2D eigenvalue weighted by Gasteiger charge is 2.15. The van der Waals surface area contributed by atoms with Crippen molar-refractivity contribution in [2.75, 3.05) is 24.5 Å². The van der Waals surface area contributed by atoms with Crippen LogP contribution in [0.25, 0.3) is 0 Å². The van der Waals surface area contributed by atoms with Crippen molar-refractivity contribution in [3.05, 3.63) is 53.6 Å². The Labute approximate surface area is 147 Å². The third-order valence-electron chi connectivity index (χ3n) is 4.40. The first-order valence-electron chi connectivity index (χ1n) is 8.83. The van der Waals surface area contributed by atoms with Crippen LogP contribution in [0.15, 0.2) is 36.5 Å². The van der Waals surface area contributed by atoms with Crippen molar-refractivity contribution in [1.29, 1.82) is 0 Å². The van der Waals surface area contributed by atoms with E-state index >= 15 is 0 Å². The number of carbonyl (C=O) groups is 1. The minimum absolute atomic E-state index is 0.248. The van der Waals surface area contributed by atoms with Crippen molar-refractivity contribution in [3.8, 4) is 0 Å². The molecule has 2 heterocycles. The van der Waals surface area contributed by atoms with Gasteiger partial charge in [0.2, 0.25) is 5.95 Å². The lowest BCUT2D eigenvalue weighted by Gasteiger charge is -2.20. The molecule has 1 saturated heterocycles. The van der Waals surface area contributed by atoms with E-state index in [4.69, 9.17) is 0 Å². The summed E-state index contributed by atoms with van der Waals surface area (Å²) >= 11 is 0. The number of anilines is 1. The second-order valence-corrected chi connectivity index (χ2v) is 6.24. The number of halogens is 1. The molecule has 1 amide bonds. The minimum atomic E-state index is -0.255. The highest BCUT2D eigenvalue weighted by molar-refractivity contribution is 5.92. The van der Waals surface area contributed by atoms with Gasteiger partial charge in [0.05, 0.1) is 0 Å². The summed E-state index contributed by atoms with van der Waals surface area (Å²) in [7, 11) is 0. The number of amides is 1. The molecule has 0 aliphatic carbocycles. The topological polar surface area (TPSA) is 58.1 Å². The Morgan fingerprint density at radius 3 is 2.64 bits per heavy atom. The summed E-state index contributed by atoms with van der Waals surface area (Å²) in [6, 6.07) is 8.21. The van der Waals surface area contributed by atoms with Gasteiger partial charge in [-0.15, -0.1) is 0 Å². The molecule has 6 heteroatoms. The van der Waals surface area contributed by atoms with Gasteiger partial charge < -0.3 is 10.2 Å². The fraction of sp³-hybridized carbons (Fsp3) is 0.421. The van der Waals surface area contributed by atoms with Gasteiger partial charge in [0.15, 0.2) is 0 Å². The second-order valence-electron chi connectivity index (χ2n) is 6.24. The minimum Gasteiger partial charge on any atom is -0.350 e. The first-order valence-corrected chi connectivity index (χ1v) is 8.83. The van der Waals surface area contributed by atoms with Crippen LogP contribution in [0.1, 0.15) is 41.7 Å². The van der Waals surface area contributed by atoms with Gasteiger partial charge in [-0.1, -0.05) is 31.0 Å². The van der Waals surface area contributed by atoms with E-state index in [0.717, 1.165) is 25.9 Å². The number of benzene rings is 1. The Bertz CT molecular complexity index is 714. The van der Waals surface area contributed by atoms with Gasteiger partial charge in [-0.05, 0) is 37.0 Å². The second kappa shape index (κ2) is 8.55. The molecule has 1 aliphatic heterocycles. The zero-order valence-corrected chi connectivity index (χ0v) is 14.2. The summed E-state index contributed by atoms with van der Waals surface area (Å²) in [5.41, 5.74) is 0.943. The number of hydrogen-bond donors (Lipinski definition) is 1. The zero-order chi connectivity index (χ0) is 17.5. The molecule has 5 nitrogen and oxygen atoms in total. The van der Waals surface area contributed by atoms with E-state index in [2.05, 4.69) is 20.2 Å². The number of nitrogens with one attached hydrogen (secondary N) is 1. The van der Waals surface area contributed by atoms with Crippen molar-refractivity contribution in [2.24, 2.45) is 0 Å². The monoisotopic (exact) mass is 342 g/mol. The highest BCUT2D eigenvalue weighted by atomic mass is 19.1. The van der Waals surface area contributed by atoms with Gasteiger partial charge in [0, 0.05) is 25.8 Å². The van der Waals surface area contributed by atoms with Crippen LogP contribution in [0.2, 0.25) is 0 Å². The van der Waals surface area contributed by atoms with E-state index in [1.54, 1.807) is 30.5 Å². The smallest absolute Gasteiger partial charge is 0.270 e. The maximum Gasteiger partial charge on any atom is 0.270 e. The van der Waals surface area contributed by atoms with Crippen LogP contribution in [0, 0.1) is 5.82 Å². The molecule has 0 bridgehead atoms. The van der Waals surface area contributed by atoms with E-state index in [1.807, 2.05) is 0 Å². The maximum atomic E-state index is 13.6. The predicted molar refractivity (Wildman–Crippen MR) is 95.2 cm³/mol. The molecule has 0 unspecified atom stereocenters. The third-order valence-corrected chi connectivity index (χ3v) is 4.40. The molecular weight excluding hydrogens is 319 g/mol. The van der Waals surface area contributed by atoms with Crippen molar-refractivity contribution < 1.29 is 9.18 Å². The summed E-state index contributed by atoms with van der Waals surface area (Å²) in [6.07, 6.45) is 6.78. The molecule has 0 radical (unpaired) electrons. The van der Waals surface area contributed by atoms with Crippen LogP contribution in [0.4, 0.5) is 10.3 Å². The molecule has 132 valence electrons. The van der Waals surface area contributed by atoms with Gasteiger partial charge in [-0.3, -0.25) is 4.79 Å². The van der Waals surface area contributed by atoms with E-state index < -0.39 is 0 Å². The molecule has 1 aromatic carbocycles. The van der Waals surface area contributed by atoms with Crippen LogP contribution in [0.3, 0.4) is 0 Å². The summed E-state index contributed by atoms with van der Waals surface area (Å²) in [5.74, 6) is 0.112. The van der Waals surface area contributed by atoms with Crippen molar-refractivity contribution in [1.82, 2.24) is 15.3 Å². The molecule has 0 atom stereocenters. The summed E-state index contributed by atoms with van der Waals surface area (Å²) in [6.45, 7) is 2.22. The summed E-state index contributed by atoms with van der Waals surface area (Å²) in [4.78, 5) is 23.2. The molecular formula is C19H23FN4O. The Balaban J connectivity index is 1.58. The number of rotatable bonds is 5. The third kappa shape index (κ3) is 4.75. The summed E-state index contributed by atoms with van der Waals surface area (Å²) < 4.78 is 13.6. The summed E-state index contributed by atoms with van der Waals surface area (Å²) in [5, 5.41) is 2.80. The van der Waals surface area contributed by atoms with Gasteiger partial charge in [0.1, 0.15) is 11.5 Å². The molecule has 1 N–H and O–H groups in total. The van der Waals surface area contributed by atoms with Crippen molar-refractivity contribution >= 4 is 11.9 Å². The van der Waals surface area contributed by atoms with Gasteiger partial charge in [-0.2, -0.15) is 0 Å². The average Bonchev–Trinajstić information content (AvgIpc) is 2.93. The standard InChI is InChI=1S/C19H23FN4O/c20-16-8-4-3-7-15(16)9-11-21-18(25)17-10-12-22-19(23-17)24-13-5-1-2-6-14-24/h3-4,7-8,10,12H,1-2,5-6,9,11,13-14H2,(H,21,25). The molecule has 1 aromatic heterocycles. The lowest BCUT2D eigenvalue weighted by atomic mass is 10.1. The lowest BCUT2D eigenvalue weighted by molar-refractivity contribution is 0.0949. The number of aromatic nitrogens is 2. The lowest BCUT2D eigenvalue weighted by Crippen LogP contribution is -2.29. The molecule has 2 aromatic rings. The number of carbonyl (C=O) groups excluding carboxylic acids is 1. The first kappa shape index (κ1) is 17.3. The molecule has 25 heavy (non-hydrogen) atoms. The number of nitrogens with zero attached hydrogens (tertiary/aromatic N) is 3. The SMILES string of the molecule is O=C(NCCc1ccccc1F)c1ccnc(N2CCCCCC2)n1. The fourth-order valence-corrected chi connectivity index (χ4v) is 3.00. The van der Waals surface area contributed by atoms with Crippen molar-refractivity contribution in [3.63, 3.8) is 0 Å². The van der Waals surface area contributed by atoms with E-state index in [-0.39, 0.29) is 11.7 Å². The van der Waals surface area contributed by atoms with Crippen LogP contribution >= 0.6 is 0 Å². The van der Waals surface area contributed by atoms with Crippen LogP contribution in [-0.2, 0) is 6.42 Å². The van der Waals surface area contributed by atoms with Crippen molar-refractivity contribution in [2.45, 2.75) is 32.1 Å². The first-order chi connectivity index (χ1) is 12.2. The number of hydrogen-bond acceptors (Lipinski definition) is 4. The van der Waals surface area contributed by atoms with Crippen LogP contribution < -0.4 is 10.2 Å². The van der Waals surface area contributed by atoms with Gasteiger partial charge in [-0.25, -0.2) is 14.4 Å². The van der Waals surface area contributed by atoms with E-state index in [9.17, 15) is 9.18 Å². The van der Waals surface area contributed by atoms with Gasteiger partial charge >= 0.3 is 0 Å².